The number of rotatable bonds is 21. The predicted octanol–water partition coefficient (Wildman–Crippen LogP) is 10.7. The van der Waals surface area contributed by atoms with Gasteiger partial charge in [-0.1, -0.05) is 83.9 Å². The van der Waals surface area contributed by atoms with E-state index in [9.17, 15) is 22.0 Å². The van der Waals surface area contributed by atoms with Crippen molar-refractivity contribution in [3.05, 3.63) is 129 Å². The molecule has 0 bridgehead atoms. The van der Waals surface area contributed by atoms with Gasteiger partial charge in [-0.05, 0) is 125 Å². The maximum Gasteiger partial charge on any atom is 0.318 e. The van der Waals surface area contributed by atoms with Crippen LogP contribution >= 0.6 is 23.2 Å². The first-order valence-electron chi connectivity index (χ1n) is 34.6. The van der Waals surface area contributed by atoms with E-state index < -0.39 is 52.4 Å². The summed E-state index contributed by atoms with van der Waals surface area (Å²) >= 11 is 13.7. The van der Waals surface area contributed by atoms with E-state index in [4.69, 9.17) is 52.6 Å². The zero-order chi connectivity index (χ0) is 67.0. The number of anilines is 4. The zero-order valence-electron chi connectivity index (χ0n) is 55.2. The Labute approximate surface area is 575 Å². The Morgan fingerprint density at radius 3 is 1.90 bits per heavy atom. The summed E-state index contributed by atoms with van der Waals surface area (Å²) < 4.78 is 100. The third-order valence-electron chi connectivity index (χ3n) is 22.6. The summed E-state index contributed by atoms with van der Waals surface area (Å²) in [4.78, 5) is 53.1. The summed E-state index contributed by atoms with van der Waals surface area (Å²) in [6, 6.07) is 23.2. The minimum atomic E-state index is -3.73. The van der Waals surface area contributed by atoms with Gasteiger partial charge >= 0.3 is 12.0 Å². The first-order valence-corrected chi connectivity index (χ1v) is 37.1. The van der Waals surface area contributed by atoms with Crippen LogP contribution in [0.2, 0.25) is 10.0 Å². The number of aromatic nitrogens is 4. The standard InChI is InChI=1S/C72H85Cl2F4N13O5S/c1-83(39-41-97(93,94)40-11-30-85-38-29-71(75,76)45-85)65-52-23-36-86(58-18-5-14-49-12-3-16-54(73)62(49)58)43-56(52)79-67(81-65)96-48-70-27-10-34-91(70)60(21-28-70)64-72(77,78)46-89(64)31-7-20-61(92)88-35-22-51(42-88)84(2)66-53-24-37-87(59-19-6-15-50-13-4-17-55(74)63(50)59)44-57(53)80-68(82-66)95-47-69-25-8-32-90(69)33-9-26-69/h3-7,11-20,40,51,60,64H,8-10,21-39,41-48H2,1-2H3/b20-7+,40-11+/t51-,60?,64?,70?/m1/s1. The van der Waals surface area contributed by atoms with E-state index in [1.54, 1.807) is 29.0 Å². The molecule has 7 saturated heterocycles. The molecular formula is C72H85Cl2F4N13O5S. The number of alkyl halides is 4. The lowest BCUT2D eigenvalue weighted by Gasteiger charge is -2.52. The summed E-state index contributed by atoms with van der Waals surface area (Å²) in [6.07, 6.45) is 13.7. The summed E-state index contributed by atoms with van der Waals surface area (Å²) in [6.45, 7) is 6.64. The largest absolute Gasteiger partial charge is 0.461 e. The molecule has 2 aromatic heterocycles. The van der Waals surface area contributed by atoms with E-state index in [0.29, 0.717) is 93.4 Å². The van der Waals surface area contributed by atoms with Crippen LogP contribution < -0.4 is 29.1 Å². The second-order valence-electron chi connectivity index (χ2n) is 28.6. The van der Waals surface area contributed by atoms with Crippen LogP contribution in [0.1, 0.15) is 86.7 Å². The van der Waals surface area contributed by atoms with E-state index in [1.165, 1.54) is 6.08 Å². The number of hydrogen-bond donors (Lipinski definition) is 0. The number of hydrogen-bond acceptors (Lipinski definition) is 17. The smallest absolute Gasteiger partial charge is 0.318 e. The van der Waals surface area contributed by atoms with Crippen LogP contribution in [0.25, 0.3) is 21.5 Å². The second-order valence-corrected chi connectivity index (χ2v) is 31.4. The molecule has 0 aliphatic carbocycles. The van der Waals surface area contributed by atoms with Crippen LogP contribution in [0, 0.1) is 0 Å². The topological polar surface area (TPSA) is 150 Å². The molecule has 4 aromatic carbocycles. The molecule has 516 valence electrons. The number of sulfone groups is 1. The molecule has 18 nitrogen and oxygen atoms in total. The van der Waals surface area contributed by atoms with Gasteiger partial charge in [-0.2, -0.15) is 19.9 Å². The number of likely N-dealkylation sites (N-methyl/N-ethyl adjacent to an activating group) is 1. The Bertz CT molecular complexity index is 4150. The van der Waals surface area contributed by atoms with Crippen LogP contribution in [0.5, 0.6) is 12.0 Å². The van der Waals surface area contributed by atoms with Gasteiger partial charge in [0, 0.05) is 130 Å². The van der Waals surface area contributed by atoms with Crippen molar-refractivity contribution in [2.45, 2.75) is 131 Å². The van der Waals surface area contributed by atoms with Crippen LogP contribution in [0.4, 0.5) is 40.6 Å². The molecular weight excluding hydrogens is 1310 g/mol. The Kier molecular flexibility index (Phi) is 18.1. The Balaban J connectivity index is 0.608. The van der Waals surface area contributed by atoms with Gasteiger partial charge in [0.1, 0.15) is 24.8 Å². The van der Waals surface area contributed by atoms with Gasteiger partial charge in [0.05, 0.1) is 70.5 Å². The lowest BCUT2D eigenvalue weighted by atomic mass is 9.88. The molecule has 3 unspecified atom stereocenters. The third kappa shape index (κ3) is 13.1. The Morgan fingerprint density at radius 2 is 1.27 bits per heavy atom. The quantitative estimate of drug-likeness (QED) is 0.0496. The number of likely N-dealkylation sites (tertiary alicyclic amines) is 3. The van der Waals surface area contributed by atoms with Gasteiger partial charge in [-0.15, -0.1) is 0 Å². The summed E-state index contributed by atoms with van der Waals surface area (Å²) in [5, 5.41) is 6.48. The Morgan fingerprint density at radius 1 is 0.670 bits per heavy atom. The number of carbonyl (C=O) groups is 1. The molecule has 0 radical (unpaired) electrons. The van der Waals surface area contributed by atoms with E-state index in [2.05, 4.69) is 55.8 Å². The molecule has 0 N–H and O–H groups in total. The molecule has 9 aliphatic heterocycles. The number of amides is 1. The SMILES string of the molecule is CN(CCS(=O)(=O)/C=C/CN1CCC(F)(F)C1)c1nc(OCC23CCCN2C(C2N(C/C=C/C(=O)N4CC[C@@H](N(C)c5nc(OCC67CCCN6CCC7)nc6c5CCN(c5cccc7cccc(Cl)c57)C6)C4)CC2(F)F)CC3)nc2c1CCN(c1cccc3cccc(Cl)c13)C2. The highest BCUT2D eigenvalue weighted by molar-refractivity contribution is 7.94. The van der Waals surface area contributed by atoms with E-state index in [0.717, 1.165) is 131 Å². The fraction of sp³-hybridized carbons (Fsp3) is 0.542. The van der Waals surface area contributed by atoms with E-state index in [-0.39, 0.29) is 68.5 Å². The van der Waals surface area contributed by atoms with Crippen molar-refractivity contribution in [3.63, 3.8) is 0 Å². The average Bonchev–Trinajstić information content (AvgIpc) is 1.58. The lowest BCUT2D eigenvalue weighted by molar-refractivity contribution is -0.200. The van der Waals surface area contributed by atoms with Crippen molar-refractivity contribution < 1.29 is 40.2 Å². The molecule has 0 spiro atoms. The van der Waals surface area contributed by atoms with Gasteiger partial charge in [0.2, 0.25) is 5.91 Å². The fourth-order valence-corrected chi connectivity index (χ4v) is 19.2. The number of ether oxygens (including phenoxy) is 2. The summed E-state index contributed by atoms with van der Waals surface area (Å²) in [7, 11) is 0.122. The van der Waals surface area contributed by atoms with Crippen molar-refractivity contribution in [1.82, 2.24) is 44.4 Å². The molecule has 1 amide bonds. The normalized spacial score (nSPS) is 24.8. The highest BCUT2D eigenvalue weighted by atomic mass is 35.5. The average molecular weight is 1390 g/mol. The lowest BCUT2D eigenvalue weighted by Crippen LogP contribution is -2.71. The molecule has 4 atom stereocenters. The minimum Gasteiger partial charge on any atom is -0.461 e. The Hall–Kier alpha value is -6.60. The molecule has 25 heteroatoms. The van der Waals surface area contributed by atoms with Crippen molar-refractivity contribution >= 4 is 83.5 Å². The molecule has 97 heavy (non-hydrogen) atoms. The van der Waals surface area contributed by atoms with Crippen LogP contribution in [-0.2, 0) is 40.6 Å². The van der Waals surface area contributed by atoms with Crippen LogP contribution in [-0.4, -0.2) is 218 Å². The number of halogens is 6. The number of benzene rings is 4. The molecule has 15 rings (SSSR count). The summed E-state index contributed by atoms with van der Waals surface area (Å²) in [5.41, 5.74) is 5.07. The fourth-order valence-electron chi connectivity index (χ4n) is 17.6. The molecule has 7 fully saturated rings. The van der Waals surface area contributed by atoms with Crippen molar-refractivity contribution in [1.29, 1.82) is 0 Å². The van der Waals surface area contributed by atoms with Gasteiger partial charge in [-0.3, -0.25) is 24.4 Å². The maximum absolute atomic E-state index is 16.2. The maximum atomic E-state index is 16.2. The van der Waals surface area contributed by atoms with E-state index in [1.807, 2.05) is 58.3 Å². The molecule has 9 aliphatic rings. The van der Waals surface area contributed by atoms with Crippen molar-refractivity contribution in [2.75, 3.05) is 138 Å². The first-order chi connectivity index (χ1) is 46.7. The van der Waals surface area contributed by atoms with Gasteiger partial charge < -0.3 is 34.0 Å². The van der Waals surface area contributed by atoms with Gasteiger partial charge in [0.25, 0.3) is 11.8 Å². The van der Waals surface area contributed by atoms with Crippen LogP contribution in [0.15, 0.2) is 96.4 Å². The van der Waals surface area contributed by atoms with Crippen molar-refractivity contribution in [3.8, 4) is 12.0 Å². The van der Waals surface area contributed by atoms with Gasteiger partial charge in [-0.25, -0.2) is 26.0 Å². The van der Waals surface area contributed by atoms with Crippen LogP contribution in [0.3, 0.4) is 0 Å². The van der Waals surface area contributed by atoms with E-state index >= 15 is 8.78 Å². The zero-order valence-corrected chi connectivity index (χ0v) is 57.5. The number of fused-ring (bicyclic) bond motifs is 6. The molecule has 6 aromatic rings. The predicted molar refractivity (Wildman–Crippen MR) is 372 cm³/mol. The van der Waals surface area contributed by atoms with Crippen molar-refractivity contribution in [2.24, 2.45) is 0 Å². The summed E-state index contributed by atoms with van der Waals surface area (Å²) in [5.74, 6) is -4.74. The number of carbonyl (C=O) groups excluding carboxylic acids is 1. The minimum absolute atomic E-state index is 0.0128. The first kappa shape index (κ1) is 66.3. The van der Waals surface area contributed by atoms with Gasteiger partial charge in [0.15, 0.2) is 9.84 Å². The third-order valence-corrected chi connectivity index (χ3v) is 24.6. The monoisotopic (exact) mass is 1390 g/mol. The molecule has 11 heterocycles. The highest BCUT2D eigenvalue weighted by Crippen LogP contribution is 2.50. The second kappa shape index (κ2) is 26.5. The highest BCUT2D eigenvalue weighted by Gasteiger charge is 2.63. The number of nitrogens with zero attached hydrogens (tertiary/aromatic N) is 13. The molecule has 0 saturated carbocycles.